The van der Waals surface area contributed by atoms with Gasteiger partial charge in [0.05, 0.1) is 25.6 Å². The summed E-state index contributed by atoms with van der Waals surface area (Å²) in [5, 5.41) is 2.33. The lowest BCUT2D eigenvalue weighted by atomic mass is 10.4. The van der Waals surface area contributed by atoms with Crippen molar-refractivity contribution in [1.82, 2.24) is 4.98 Å². The molecule has 1 amide bonds. The van der Waals surface area contributed by atoms with Crippen LogP contribution in [0.5, 0.6) is 5.88 Å². The second-order valence-corrected chi connectivity index (χ2v) is 2.76. The van der Waals surface area contributed by atoms with Gasteiger partial charge < -0.3 is 14.8 Å². The molecule has 0 atom stereocenters. The van der Waals surface area contributed by atoms with E-state index in [1.807, 2.05) is 6.92 Å². The third kappa shape index (κ3) is 3.23. The first-order valence-corrected chi connectivity index (χ1v) is 4.65. The van der Waals surface area contributed by atoms with Gasteiger partial charge in [0.1, 0.15) is 0 Å². The summed E-state index contributed by atoms with van der Waals surface area (Å²) in [5.41, 5.74) is 0.402. The zero-order valence-electron chi connectivity index (χ0n) is 9.02. The van der Waals surface area contributed by atoms with Crippen molar-refractivity contribution in [3.8, 4) is 5.88 Å². The number of amides is 1. The van der Waals surface area contributed by atoms with E-state index in [1.165, 1.54) is 6.20 Å². The summed E-state index contributed by atoms with van der Waals surface area (Å²) in [6.07, 6.45) is 1.39. The van der Waals surface area contributed by atoms with Gasteiger partial charge in [-0.25, -0.2) is 9.78 Å². The van der Waals surface area contributed by atoms with Crippen molar-refractivity contribution in [1.29, 1.82) is 0 Å². The van der Waals surface area contributed by atoms with Gasteiger partial charge in [0.25, 0.3) is 0 Å². The van der Waals surface area contributed by atoms with Gasteiger partial charge in [-0.2, -0.15) is 0 Å². The average molecular weight is 224 g/mol. The minimum Gasteiger partial charge on any atom is -0.478 e. The van der Waals surface area contributed by atoms with Crippen LogP contribution in [0.15, 0.2) is 18.3 Å². The Kier molecular flexibility index (Phi) is 4.26. The van der Waals surface area contributed by atoms with E-state index < -0.39 is 11.9 Å². The molecule has 6 nitrogen and oxygen atoms in total. The fraction of sp³-hybridized carbons (Fsp3) is 0.300. The molecule has 1 rings (SSSR count). The second-order valence-electron chi connectivity index (χ2n) is 2.76. The molecule has 0 fully saturated rings. The van der Waals surface area contributed by atoms with Gasteiger partial charge >= 0.3 is 11.9 Å². The van der Waals surface area contributed by atoms with E-state index in [0.717, 1.165) is 7.11 Å². The molecular weight excluding hydrogens is 212 g/mol. The Bertz CT molecular complexity index is 375. The molecule has 0 aliphatic carbocycles. The zero-order valence-corrected chi connectivity index (χ0v) is 9.02. The predicted octanol–water partition coefficient (Wildman–Crippen LogP) is 0.592. The average Bonchev–Trinajstić information content (AvgIpc) is 2.31. The molecule has 1 aromatic rings. The number of nitrogens with zero attached hydrogens (tertiary/aromatic N) is 1. The fourth-order valence-corrected chi connectivity index (χ4v) is 0.962. The summed E-state index contributed by atoms with van der Waals surface area (Å²) in [6.45, 7) is 2.36. The first-order valence-electron chi connectivity index (χ1n) is 4.65. The Hall–Kier alpha value is -2.11. The SMILES string of the molecule is CCOc1ccc(NC(=O)C(=O)OC)cn1. The predicted molar refractivity (Wildman–Crippen MR) is 56.1 cm³/mol. The summed E-state index contributed by atoms with van der Waals surface area (Å²) in [6, 6.07) is 3.18. The Morgan fingerprint density at radius 2 is 2.19 bits per heavy atom. The van der Waals surface area contributed by atoms with Crippen LogP contribution >= 0.6 is 0 Å². The number of pyridine rings is 1. The van der Waals surface area contributed by atoms with Crippen LogP contribution in [-0.4, -0.2) is 30.6 Å². The number of carbonyl (C=O) groups excluding carboxylic acids is 2. The van der Waals surface area contributed by atoms with Crippen molar-refractivity contribution in [2.75, 3.05) is 19.0 Å². The maximum absolute atomic E-state index is 11.1. The van der Waals surface area contributed by atoms with Crippen LogP contribution in [0.3, 0.4) is 0 Å². The molecule has 6 heteroatoms. The van der Waals surface area contributed by atoms with Crippen molar-refractivity contribution < 1.29 is 19.1 Å². The standard InChI is InChI=1S/C10H12N2O4/c1-3-16-8-5-4-7(6-11-8)12-9(13)10(14)15-2/h4-6H,3H2,1-2H3,(H,12,13). The highest BCUT2D eigenvalue weighted by Crippen LogP contribution is 2.11. The summed E-state index contributed by atoms with van der Waals surface area (Å²) in [4.78, 5) is 25.8. The number of nitrogens with one attached hydrogen (secondary N) is 1. The van der Waals surface area contributed by atoms with Crippen LogP contribution in [0, 0.1) is 0 Å². The van der Waals surface area contributed by atoms with E-state index in [2.05, 4.69) is 15.0 Å². The Morgan fingerprint density at radius 3 is 2.69 bits per heavy atom. The normalized spacial score (nSPS) is 9.38. The number of esters is 1. The minimum absolute atomic E-state index is 0.402. The van der Waals surface area contributed by atoms with E-state index in [1.54, 1.807) is 12.1 Å². The van der Waals surface area contributed by atoms with Gasteiger partial charge in [0.15, 0.2) is 0 Å². The maximum atomic E-state index is 11.1. The molecule has 1 N–H and O–H groups in total. The van der Waals surface area contributed by atoms with Crippen molar-refractivity contribution in [3.05, 3.63) is 18.3 Å². The van der Waals surface area contributed by atoms with Gasteiger partial charge in [-0.3, -0.25) is 4.79 Å². The molecule has 86 valence electrons. The third-order valence-corrected chi connectivity index (χ3v) is 1.66. The molecule has 0 aliphatic heterocycles. The Balaban J connectivity index is 2.61. The van der Waals surface area contributed by atoms with Crippen LogP contribution in [0.4, 0.5) is 5.69 Å². The van der Waals surface area contributed by atoms with Crippen molar-refractivity contribution in [2.24, 2.45) is 0 Å². The number of hydrogen-bond donors (Lipinski definition) is 1. The second kappa shape index (κ2) is 5.69. The quantitative estimate of drug-likeness (QED) is 0.600. The molecule has 0 unspecified atom stereocenters. The van der Waals surface area contributed by atoms with Gasteiger partial charge in [0, 0.05) is 6.07 Å². The number of methoxy groups -OCH3 is 1. The number of aromatic nitrogens is 1. The van der Waals surface area contributed by atoms with E-state index in [0.29, 0.717) is 18.2 Å². The van der Waals surface area contributed by atoms with Gasteiger partial charge in [-0.05, 0) is 13.0 Å². The van der Waals surface area contributed by atoms with E-state index in [9.17, 15) is 9.59 Å². The van der Waals surface area contributed by atoms with Crippen LogP contribution in [0.25, 0.3) is 0 Å². The number of anilines is 1. The lowest BCUT2D eigenvalue weighted by Gasteiger charge is -2.04. The third-order valence-electron chi connectivity index (χ3n) is 1.66. The molecule has 0 aliphatic rings. The largest absolute Gasteiger partial charge is 0.478 e. The van der Waals surface area contributed by atoms with Crippen LogP contribution in [-0.2, 0) is 14.3 Å². The molecule has 0 saturated heterocycles. The summed E-state index contributed by atoms with van der Waals surface area (Å²) in [5.74, 6) is -1.33. The molecule has 1 heterocycles. The number of carbonyl (C=O) groups is 2. The molecular formula is C10H12N2O4. The molecule has 0 radical (unpaired) electrons. The lowest BCUT2D eigenvalue weighted by Crippen LogP contribution is -2.23. The number of rotatable bonds is 3. The van der Waals surface area contributed by atoms with Crippen molar-refractivity contribution in [3.63, 3.8) is 0 Å². The first kappa shape index (κ1) is 12.0. The van der Waals surface area contributed by atoms with Gasteiger partial charge in [-0.15, -0.1) is 0 Å². The van der Waals surface area contributed by atoms with Crippen LogP contribution in [0.2, 0.25) is 0 Å². The fourth-order valence-electron chi connectivity index (χ4n) is 0.962. The molecule has 16 heavy (non-hydrogen) atoms. The highest BCUT2D eigenvalue weighted by Gasteiger charge is 2.13. The number of ether oxygens (including phenoxy) is 2. The van der Waals surface area contributed by atoms with Crippen LogP contribution in [0.1, 0.15) is 6.92 Å². The van der Waals surface area contributed by atoms with Gasteiger partial charge in [-0.1, -0.05) is 0 Å². The zero-order chi connectivity index (χ0) is 12.0. The number of hydrogen-bond acceptors (Lipinski definition) is 5. The monoisotopic (exact) mass is 224 g/mol. The van der Waals surface area contributed by atoms with E-state index in [-0.39, 0.29) is 0 Å². The highest BCUT2D eigenvalue weighted by atomic mass is 16.5. The highest BCUT2D eigenvalue weighted by molar-refractivity contribution is 6.37. The van der Waals surface area contributed by atoms with Crippen molar-refractivity contribution >= 4 is 17.6 Å². The minimum atomic E-state index is -0.950. The molecule has 0 saturated carbocycles. The Morgan fingerprint density at radius 1 is 1.44 bits per heavy atom. The van der Waals surface area contributed by atoms with Crippen molar-refractivity contribution in [2.45, 2.75) is 6.92 Å². The smallest absolute Gasteiger partial charge is 0.396 e. The molecule has 1 aromatic heterocycles. The summed E-state index contributed by atoms with van der Waals surface area (Å²) >= 11 is 0. The molecule has 0 aromatic carbocycles. The Labute approximate surface area is 92.6 Å². The first-order chi connectivity index (χ1) is 7.67. The van der Waals surface area contributed by atoms with Crippen LogP contribution < -0.4 is 10.1 Å². The molecule has 0 bridgehead atoms. The molecule has 0 spiro atoms. The van der Waals surface area contributed by atoms with E-state index >= 15 is 0 Å². The summed E-state index contributed by atoms with van der Waals surface area (Å²) in [7, 11) is 1.14. The van der Waals surface area contributed by atoms with E-state index in [4.69, 9.17) is 4.74 Å². The topological polar surface area (TPSA) is 77.5 Å². The van der Waals surface area contributed by atoms with Gasteiger partial charge in [0.2, 0.25) is 5.88 Å². The lowest BCUT2D eigenvalue weighted by molar-refractivity contribution is -0.150. The maximum Gasteiger partial charge on any atom is 0.396 e. The summed E-state index contributed by atoms with van der Waals surface area (Å²) < 4.78 is 9.37.